The summed E-state index contributed by atoms with van der Waals surface area (Å²) < 4.78 is 10.6. The number of para-hydroxylation sites is 1. The summed E-state index contributed by atoms with van der Waals surface area (Å²) >= 11 is 0. The standard InChI is InChI=1S/C19H17NO4/c1-13-6-5-7-14(10-13)11-24-19(22)17-16(21)12-23-18(17)20-15-8-3-2-4-9-15/h2-10,20H,11-12H2,1H3. The lowest BCUT2D eigenvalue weighted by molar-refractivity contribution is -0.141. The molecule has 0 saturated heterocycles. The number of rotatable bonds is 5. The Labute approximate surface area is 139 Å². The average Bonchev–Trinajstić information content (AvgIpc) is 2.94. The van der Waals surface area contributed by atoms with Crippen molar-refractivity contribution < 1.29 is 19.1 Å². The number of benzene rings is 2. The van der Waals surface area contributed by atoms with Crippen molar-refractivity contribution >= 4 is 17.4 Å². The number of hydrogen-bond donors (Lipinski definition) is 1. The van der Waals surface area contributed by atoms with Crippen LogP contribution in [0.25, 0.3) is 0 Å². The molecule has 0 amide bonds. The number of carbonyl (C=O) groups excluding carboxylic acids is 2. The highest BCUT2D eigenvalue weighted by molar-refractivity contribution is 6.19. The van der Waals surface area contributed by atoms with Crippen LogP contribution in [-0.2, 0) is 25.7 Å². The summed E-state index contributed by atoms with van der Waals surface area (Å²) in [6.07, 6.45) is 0. The van der Waals surface area contributed by atoms with Crippen LogP contribution >= 0.6 is 0 Å². The van der Waals surface area contributed by atoms with Gasteiger partial charge in [-0.1, -0.05) is 48.0 Å². The maximum Gasteiger partial charge on any atom is 0.347 e. The number of ketones is 1. The molecule has 2 aromatic rings. The first-order chi connectivity index (χ1) is 11.6. The van der Waals surface area contributed by atoms with E-state index in [9.17, 15) is 9.59 Å². The molecule has 3 rings (SSSR count). The molecule has 0 spiro atoms. The molecule has 1 aliphatic heterocycles. The summed E-state index contributed by atoms with van der Waals surface area (Å²) in [4.78, 5) is 24.3. The quantitative estimate of drug-likeness (QED) is 0.677. The SMILES string of the molecule is Cc1cccc(COC(=O)C2=C(Nc3ccccc3)OCC2=O)c1. The smallest absolute Gasteiger partial charge is 0.347 e. The third-order valence-electron chi connectivity index (χ3n) is 3.54. The molecule has 1 N–H and O–H groups in total. The van der Waals surface area contributed by atoms with E-state index in [1.807, 2.05) is 61.5 Å². The molecule has 0 aromatic heterocycles. The van der Waals surface area contributed by atoms with E-state index in [-0.39, 0.29) is 30.5 Å². The second-order valence-electron chi connectivity index (χ2n) is 5.47. The fourth-order valence-electron chi connectivity index (χ4n) is 2.39. The zero-order chi connectivity index (χ0) is 16.9. The molecule has 0 saturated carbocycles. The molecular weight excluding hydrogens is 306 g/mol. The molecule has 1 heterocycles. The predicted octanol–water partition coefficient (Wildman–Crippen LogP) is 2.96. The lowest BCUT2D eigenvalue weighted by Gasteiger charge is -2.09. The predicted molar refractivity (Wildman–Crippen MR) is 89.0 cm³/mol. The molecule has 24 heavy (non-hydrogen) atoms. The lowest BCUT2D eigenvalue weighted by atomic mass is 10.1. The number of anilines is 1. The van der Waals surface area contributed by atoms with Gasteiger partial charge in [-0.3, -0.25) is 4.79 Å². The Balaban J connectivity index is 1.73. The molecule has 1 aliphatic rings. The van der Waals surface area contributed by atoms with Crippen LogP contribution in [0.1, 0.15) is 11.1 Å². The summed E-state index contributed by atoms with van der Waals surface area (Å²) in [7, 11) is 0. The van der Waals surface area contributed by atoms with E-state index in [0.717, 1.165) is 16.8 Å². The van der Waals surface area contributed by atoms with Gasteiger partial charge in [0.15, 0.2) is 12.2 Å². The van der Waals surface area contributed by atoms with E-state index >= 15 is 0 Å². The maximum atomic E-state index is 12.3. The molecule has 0 atom stereocenters. The maximum absolute atomic E-state index is 12.3. The third-order valence-corrected chi connectivity index (χ3v) is 3.54. The Bertz CT molecular complexity index is 796. The highest BCUT2D eigenvalue weighted by atomic mass is 16.5. The average molecular weight is 323 g/mol. The van der Waals surface area contributed by atoms with Crippen molar-refractivity contribution in [3.05, 3.63) is 77.2 Å². The first kappa shape index (κ1) is 15.8. The molecule has 0 bridgehead atoms. The van der Waals surface area contributed by atoms with Crippen molar-refractivity contribution in [1.82, 2.24) is 0 Å². The Morgan fingerprint density at radius 3 is 2.71 bits per heavy atom. The summed E-state index contributed by atoms with van der Waals surface area (Å²) in [5.74, 6) is -0.930. The molecule has 5 nitrogen and oxygen atoms in total. The first-order valence-electron chi connectivity index (χ1n) is 7.58. The normalized spacial score (nSPS) is 13.6. The summed E-state index contributed by atoms with van der Waals surface area (Å²) in [6.45, 7) is 1.91. The van der Waals surface area contributed by atoms with Crippen molar-refractivity contribution in [3.8, 4) is 0 Å². The van der Waals surface area contributed by atoms with Gasteiger partial charge in [0, 0.05) is 5.69 Å². The molecule has 0 radical (unpaired) electrons. The summed E-state index contributed by atoms with van der Waals surface area (Å²) in [6, 6.07) is 16.8. The van der Waals surface area contributed by atoms with Crippen molar-refractivity contribution in [2.45, 2.75) is 13.5 Å². The fourth-order valence-corrected chi connectivity index (χ4v) is 2.39. The lowest BCUT2D eigenvalue weighted by Crippen LogP contribution is -2.16. The van der Waals surface area contributed by atoms with E-state index in [4.69, 9.17) is 9.47 Å². The molecular formula is C19H17NO4. The van der Waals surface area contributed by atoms with Gasteiger partial charge in [-0.05, 0) is 24.6 Å². The Kier molecular flexibility index (Phi) is 4.61. The number of aryl methyl sites for hydroxylation is 1. The van der Waals surface area contributed by atoms with Crippen LogP contribution in [0.5, 0.6) is 0 Å². The Morgan fingerprint density at radius 2 is 1.96 bits per heavy atom. The first-order valence-corrected chi connectivity index (χ1v) is 7.58. The Hall–Kier alpha value is -3.08. The number of esters is 1. The Morgan fingerprint density at radius 1 is 1.17 bits per heavy atom. The fraction of sp³-hybridized carbons (Fsp3) is 0.158. The number of ether oxygens (including phenoxy) is 2. The van der Waals surface area contributed by atoms with E-state index in [1.54, 1.807) is 0 Å². The molecule has 0 aliphatic carbocycles. The van der Waals surface area contributed by atoms with Gasteiger partial charge in [0.25, 0.3) is 0 Å². The van der Waals surface area contributed by atoms with Crippen LogP contribution in [0, 0.1) is 6.92 Å². The van der Waals surface area contributed by atoms with Gasteiger partial charge in [-0.2, -0.15) is 0 Å². The van der Waals surface area contributed by atoms with E-state index in [0.29, 0.717) is 0 Å². The van der Waals surface area contributed by atoms with Gasteiger partial charge in [-0.15, -0.1) is 0 Å². The summed E-state index contributed by atoms with van der Waals surface area (Å²) in [5.41, 5.74) is 2.60. The van der Waals surface area contributed by atoms with Crippen LogP contribution in [0.3, 0.4) is 0 Å². The second kappa shape index (κ2) is 7.00. The van der Waals surface area contributed by atoms with Gasteiger partial charge in [0.05, 0.1) is 0 Å². The zero-order valence-electron chi connectivity index (χ0n) is 13.2. The monoisotopic (exact) mass is 323 g/mol. The molecule has 2 aromatic carbocycles. The number of hydrogen-bond acceptors (Lipinski definition) is 5. The largest absolute Gasteiger partial charge is 0.470 e. The molecule has 122 valence electrons. The number of nitrogens with one attached hydrogen (secondary N) is 1. The molecule has 0 fully saturated rings. The van der Waals surface area contributed by atoms with Crippen LogP contribution < -0.4 is 5.32 Å². The van der Waals surface area contributed by atoms with Crippen LogP contribution in [0.2, 0.25) is 0 Å². The minimum Gasteiger partial charge on any atom is -0.470 e. The molecule has 5 heteroatoms. The van der Waals surface area contributed by atoms with Gasteiger partial charge >= 0.3 is 5.97 Å². The van der Waals surface area contributed by atoms with Crippen LogP contribution in [0.4, 0.5) is 5.69 Å². The minimum atomic E-state index is -0.683. The van der Waals surface area contributed by atoms with E-state index in [2.05, 4.69) is 5.32 Å². The molecule has 0 unspecified atom stereocenters. The topological polar surface area (TPSA) is 64.6 Å². The van der Waals surface area contributed by atoms with Crippen LogP contribution in [-0.4, -0.2) is 18.4 Å². The van der Waals surface area contributed by atoms with E-state index < -0.39 is 5.97 Å². The van der Waals surface area contributed by atoms with Crippen molar-refractivity contribution in [2.75, 3.05) is 11.9 Å². The number of Topliss-reactive ketones (excluding diaryl/α,β-unsaturated/α-hetero) is 1. The van der Waals surface area contributed by atoms with E-state index in [1.165, 1.54) is 0 Å². The highest BCUT2D eigenvalue weighted by Gasteiger charge is 2.32. The zero-order valence-corrected chi connectivity index (χ0v) is 13.2. The summed E-state index contributed by atoms with van der Waals surface area (Å²) in [5, 5.41) is 2.95. The third kappa shape index (κ3) is 3.63. The highest BCUT2D eigenvalue weighted by Crippen LogP contribution is 2.21. The second-order valence-corrected chi connectivity index (χ2v) is 5.47. The van der Waals surface area contributed by atoms with Crippen molar-refractivity contribution in [2.24, 2.45) is 0 Å². The minimum absolute atomic E-state index is 0.0773. The van der Waals surface area contributed by atoms with Gasteiger partial charge < -0.3 is 14.8 Å². The number of carbonyl (C=O) groups is 2. The van der Waals surface area contributed by atoms with Gasteiger partial charge in [-0.25, -0.2) is 4.79 Å². The van der Waals surface area contributed by atoms with Gasteiger partial charge in [0.1, 0.15) is 6.61 Å². The van der Waals surface area contributed by atoms with Crippen LogP contribution in [0.15, 0.2) is 66.1 Å². The van der Waals surface area contributed by atoms with Crippen molar-refractivity contribution in [1.29, 1.82) is 0 Å². The van der Waals surface area contributed by atoms with Gasteiger partial charge in [0.2, 0.25) is 11.7 Å². The van der Waals surface area contributed by atoms with Crippen molar-refractivity contribution in [3.63, 3.8) is 0 Å².